The average Bonchev–Trinajstić information content (AvgIpc) is 2.04. The molecule has 0 aromatic heterocycles. The molecule has 0 aliphatic carbocycles. The van der Waals surface area contributed by atoms with Crippen LogP contribution in [0.5, 0.6) is 0 Å². The van der Waals surface area contributed by atoms with Gasteiger partial charge in [-0.3, -0.25) is 4.79 Å². The van der Waals surface area contributed by atoms with Crippen molar-refractivity contribution in [2.75, 3.05) is 0 Å². The first-order valence-corrected chi connectivity index (χ1v) is 3.09. The molecule has 0 heterocycles. The highest BCUT2D eigenvalue weighted by molar-refractivity contribution is 5.59. The van der Waals surface area contributed by atoms with Gasteiger partial charge in [-0.1, -0.05) is 18.2 Å². The average molecular weight is 156 g/mol. The maximum absolute atomic E-state index is 12.6. The van der Waals surface area contributed by atoms with Crippen LogP contribution in [0, 0.1) is 5.82 Å². The smallest absolute Gasteiger partial charge is 0.183 e. The maximum atomic E-state index is 12.6. The molecule has 3 heteroatoms. The van der Waals surface area contributed by atoms with Crippen LogP contribution in [0.3, 0.4) is 0 Å². The van der Waals surface area contributed by atoms with Crippen molar-refractivity contribution in [1.82, 2.24) is 0 Å². The monoisotopic (exact) mass is 156 g/mol. The van der Waals surface area contributed by atoms with Crippen LogP contribution in [0.4, 0.5) is 8.78 Å². The van der Waals surface area contributed by atoms with Gasteiger partial charge < -0.3 is 0 Å². The Bertz CT molecular complexity index is 260. The quantitative estimate of drug-likeness (QED) is 0.599. The molecule has 0 saturated heterocycles. The van der Waals surface area contributed by atoms with Gasteiger partial charge in [0.15, 0.2) is 12.5 Å². The molecule has 0 bridgehead atoms. The Morgan fingerprint density at radius 1 is 1.36 bits per heavy atom. The zero-order valence-electron chi connectivity index (χ0n) is 5.63. The molecule has 0 radical (unpaired) electrons. The summed E-state index contributed by atoms with van der Waals surface area (Å²) >= 11 is 0. The molecule has 1 nitrogen and oxygen atoms in total. The lowest BCUT2D eigenvalue weighted by atomic mass is 10.1. The van der Waals surface area contributed by atoms with E-state index in [9.17, 15) is 13.6 Å². The lowest BCUT2D eigenvalue weighted by Crippen LogP contribution is -1.95. The van der Waals surface area contributed by atoms with Gasteiger partial charge in [0.1, 0.15) is 5.82 Å². The largest absolute Gasteiger partial charge is 0.300 e. The Labute approximate surface area is 62.7 Å². The minimum atomic E-state index is -1.85. The van der Waals surface area contributed by atoms with E-state index in [0.717, 1.165) is 6.07 Å². The molecule has 1 atom stereocenters. The molecule has 0 amide bonds. The summed E-state index contributed by atoms with van der Waals surface area (Å²) in [6.07, 6.45) is -1.78. The van der Waals surface area contributed by atoms with Crippen molar-refractivity contribution in [2.45, 2.75) is 6.17 Å². The molecule has 1 aromatic rings. The van der Waals surface area contributed by atoms with E-state index in [1.54, 1.807) is 0 Å². The van der Waals surface area contributed by atoms with Gasteiger partial charge in [-0.25, -0.2) is 8.78 Å². The lowest BCUT2D eigenvalue weighted by Gasteiger charge is -2.00. The third-order valence-electron chi connectivity index (χ3n) is 1.32. The molecule has 0 aliphatic rings. The van der Waals surface area contributed by atoms with Gasteiger partial charge in [0.25, 0.3) is 0 Å². The van der Waals surface area contributed by atoms with E-state index in [2.05, 4.69) is 0 Å². The highest BCUT2D eigenvalue weighted by atomic mass is 19.1. The number of carbonyl (C=O) groups is 1. The van der Waals surface area contributed by atoms with E-state index in [-0.39, 0.29) is 11.8 Å². The third kappa shape index (κ3) is 1.61. The van der Waals surface area contributed by atoms with E-state index in [1.807, 2.05) is 0 Å². The first kappa shape index (κ1) is 7.85. The van der Waals surface area contributed by atoms with Crippen molar-refractivity contribution in [1.29, 1.82) is 0 Å². The molecule has 0 spiro atoms. The summed E-state index contributed by atoms with van der Waals surface area (Å²) in [7, 11) is 0. The topological polar surface area (TPSA) is 17.1 Å². The summed E-state index contributed by atoms with van der Waals surface area (Å²) in [5.41, 5.74) is -0.206. The normalized spacial score (nSPS) is 12.5. The number of aldehydes is 1. The number of rotatable bonds is 2. The molecular weight excluding hydrogens is 150 g/mol. The van der Waals surface area contributed by atoms with Crippen LogP contribution < -0.4 is 0 Å². The van der Waals surface area contributed by atoms with E-state index in [1.165, 1.54) is 18.2 Å². The predicted octanol–water partition coefficient (Wildman–Crippen LogP) is 2.04. The number of hydrogen-bond donors (Lipinski definition) is 0. The molecule has 11 heavy (non-hydrogen) atoms. The molecular formula is C8H6F2O. The number of alkyl halides is 1. The van der Waals surface area contributed by atoms with Crippen LogP contribution in [-0.4, -0.2) is 6.29 Å². The van der Waals surface area contributed by atoms with E-state index >= 15 is 0 Å². The van der Waals surface area contributed by atoms with Crippen molar-refractivity contribution in [2.24, 2.45) is 0 Å². The predicted molar refractivity (Wildman–Crippen MR) is 36.3 cm³/mol. The molecule has 1 rings (SSSR count). The summed E-state index contributed by atoms with van der Waals surface area (Å²) in [5, 5.41) is 0. The molecule has 0 N–H and O–H groups in total. The molecule has 0 saturated carbocycles. The van der Waals surface area contributed by atoms with Gasteiger partial charge >= 0.3 is 0 Å². The Balaban J connectivity index is 3.02. The van der Waals surface area contributed by atoms with Gasteiger partial charge in [0.05, 0.1) is 0 Å². The highest BCUT2D eigenvalue weighted by Gasteiger charge is 2.11. The zero-order valence-corrected chi connectivity index (χ0v) is 5.63. The van der Waals surface area contributed by atoms with Crippen LogP contribution in [-0.2, 0) is 4.79 Å². The molecule has 1 unspecified atom stereocenters. The Morgan fingerprint density at radius 3 is 2.55 bits per heavy atom. The number of hydrogen-bond acceptors (Lipinski definition) is 1. The second-order valence-electron chi connectivity index (χ2n) is 2.06. The Morgan fingerprint density at radius 2 is 2.00 bits per heavy atom. The van der Waals surface area contributed by atoms with Crippen LogP contribution in [0.25, 0.3) is 0 Å². The fraction of sp³-hybridized carbons (Fsp3) is 0.125. The number of carbonyl (C=O) groups excluding carboxylic acids is 1. The van der Waals surface area contributed by atoms with Crippen LogP contribution in [0.2, 0.25) is 0 Å². The first-order chi connectivity index (χ1) is 5.25. The second kappa shape index (κ2) is 3.23. The Hall–Kier alpha value is -1.25. The summed E-state index contributed by atoms with van der Waals surface area (Å²) in [6, 6.07) is 5.28. The van der Waals surface area contributed by atoms with Crippen LogP contribution >= 0.6 is 0 Å². The van der Waals surface area contributed by atoms with Gasteiger partial charge in [0.2, 0.25) is 0 Å². The van der Waals surface area contributed by atoms with Crippen molar-refractivity contribution in [3.05, 3.63) is 35.6 Å². The molecule has 0 fully saturated rings. The van der Waals surface area contributed by atoms with Gasteiger partial charge in [-0.2, -0.15) is 0 Å². The fourth-order valence-corrected chi connectivity index (χ4v) is 0.772. The van der Waals surface area contributed by atoms with Gasteiger partial charge in [-0.15, -0.1) is 0 Å². The van der Waals surface area contributed by atoms with Crippen molar-refractivity contribution < 1.29 is 13.6 Å². The minimum absolute atomic E-state index is 0.0679. The Kier molecular flexibility index (Phi) is 2.31. The fourth-order valence-electron chi connectivity index (χ4n) is 0.772. The zero-order chi connectivity index (χ0) is 8.27. The van der Waals surface area contributed by atoms with Crippen molar-refractivity contribution in [3.8, 4) is 0 Å². The van der Waals surface area contributed by atoms with E-state index in [4.69, 9.17) is 0 Å². The van der Waals surface area contributed by atoms with Gasteiger partial charge in [0, 0.05) is 5.56 Å². The molecule has 1 aromatic carbocycles. The van der Waals surface area contributed by atoms with Crippen LogP contribution in [0.1, 0.15) is 11.7 Å². The second-order valence-corrected chi connectivity index (χ2v) is 2.06. The van der Waals surface area contributed by atoms with Crippen LogP contribution in [0.15, 0.2) is 24.3 Å². The van der Waals surface area contributed by atoms with Crippen molar-refractivity contribution >= 4 is 6.29 Å². The molecule has 0 aliphatic heterocycles. The molecule has 58 valence electrons. The van der Waals surface area contributed by atoms with Gasteiger partial charge in [-0.05, 0) is 6.07 Å². The third-order valence-corrected chi connectivity index (χ3v) is 1.32. The standard InChI is InChI=1S/C8H6F2O/c9-7-4-2-1-3-6(7)8(10)5-11/h1-5,8H. The summed E-state index contributed by atoms with van der Waals surface area (Å²) in [4.78, 5) is 9.92. The maximum Gasteiger partial charge on any atom is 0.183 e. The van der Waals surface area contributed by atoms with E-state index < -0.39 is 12.0 Å². The first-order valence-electron chi connectivity index (χ1n) is 3.09. The minimum Gasteiger partial charge on any atom is -0.300 e. The van der Waals surface area contributed by atoms with Crippen molar-refractivity contribution in [3.63, 3.8) is 0 Å². The SMILES string of the molecule is O=CC(F)c1ccccc1F. The summed E-state index contributed by atoms with van der Waals surface area (Å²) in [6.45, 7) is 0. The summed E-state index contributed by atoms with van der Waals surface area (Å²) < 4.78 is 25.1. The number of benzene rings is 1. The van der Waals surface area contributed by atoms with E-state index in [0.29, 0.717) is 0 Å². The summed E-state index contributed by atoms with van der Waals surface area (Å²) in [5.74, 6) is -0.688. The lowest BCUT2D eigenvalue weighted by molar-refractivity contribution is -0.112. The number of halogens is 2. The highest BCUT2D eigenvalue weighted by Crippen LogP contribution is 2.17.